The van der Waals surface area contributed by atoms with Gasteiger partial charge in [-0.3, -0.25) is 9.48 Å². The van der Waals surface area contributed by atoms with Gasteiger partial charge in [-0.25, -0.2) is 0 Å². The molecule has 2 atom stereocenters. The Morgan fingerprint density at radius 3 is 2.82 bits per heavy atom. The minimum absolute atomic E-state index is 0.0808. The fourth-order valence-corrected chi connectivity index (χ4v) is 3.69. The van der Waals surface area contributed by atoms with Crippen molar-refractivity contribution in [3.05, 3.63) is 17.0 Å². The fourth-order valence-electron chi connectivity index (χ4n) is 3.69. The summed E-state index contributed by atoms with van der Waals surface area (Å²) in [5.74, 6) is -0.155. The van der Waals surface area contributed by atoms with Crippen LogP contribution in [-0.2, 0) is 18.2 Å². The Morgan fingerprint density at radius 1 is 1.45 bits per heavy atom. The minimum Gasteiger partial charge on any atom is -0.388 e. The third-order valence-electron chi connectivity index (χ3n) is 4.82. The van der Waals surface area contributed by atoms with E-state index in [4.69, 9.17) is 4.74 Å². The fraction of sp³-hybridized carbons (Fsp3) is 0.750. The molecule has 0 radical (unpaired) electrons. The van der Waals surface area contributed by atoms with E-state index in [-0.39, 0.29) is 18.1 Å². The zero-order valence-corrected chi connectivity index (χ0v) is 13.6. The molecule has 6 heteroatoms. The van der Waals surface area contributed by atoms with Gasteiger partial charge in [0, 0.05) is 25.6 Å². The van der Waals surface area contributed by atoms with E-state index in [1.54, 1.807) is 11.7 Å². The van der Waals surface area contributed by atoms with Gasteiger partial charge in [0.15, 0.2) is 0 Å². The van der Waals surface area contributed by atoms with Crippen LogP contribution in [0.25, 0.3) is 0 Å². The number of nitrogens with zero attached hydrogens (tertiary/aromatic N) is 2. The Labute approximate surface area is 130 Å². The third kappa shape index (κ3) is 2.77. The lowest BCUT2D eigenvalue weighted by atomic mass is 9.99. The number of carbonyl (C=O) groups excluding carboxylic acids is 1. The van der Waals surface area contributed by atoms with Crippen molar-refractivity contribution in [2.24, 2.45) is 7.05 Å². The molecule has 122 valence electrons. The molecule has 1 aromatic rings. The van der Waals surface area contributed by atoms with E-state index in [0.717, 1.165) is 36.9 Å². The molecule has 1 amide bonds. The molecule has 6 nitrogen and oxygen atoms in total. The van der Waals surface area contributed by atoms with Crippen molar-refractivity contribution in [2.75, 3.05) is 6.54 Å². The van der Waals surface area contributed by atoms with Crippen molar-refractivity contribution in [2.45, 2.75) is 63.8 Å². The molecule has 0 bridgehead atoms. The first-order valence-corrected chi connectivity index (χ1v) is 8.11. The second-order valence-corrected chi connectivity index (χ2v) is 6.74. The van der Waals surface area contributed by atoms with Gasteiger partial charge in [0.05, 0.1) is 23.5 Å². The molecule has 0 aromatic carbocycles. The van der Waals surface area contributed by atoms with Crippen molar-refractivity contribution in [3.8, 4) is 0 Å². The van der Waals surface area contributed by atoms with Crippen LogP contribution in [0.2, 0.25) is 0 Å². The number of aromatic nitrogens is 2. The van der Waals surface area contributed by atoms with Gasteiger partial charge in [-0.1, -0.05) is 12.8 Å². The van der Waals surface area contributed by atoms with Crippen molar-refractivity contribution in [3.63, 3.8) is 0 Å². The molecule has 2 aliphatic rings. The smallest absolute Gasteiger partial charge is 0.269 e. The van der Waals surface area contributed by atoms with Crippen LogP contribution >= 0.6 is 0 Å². The summed E-state index contributed by atoms with van der Waals surface area (Å²) in [6.45, 7) is 4.28. The summed E-state index contributed by atoms with van der Waals surface area (Å²) < 4.78 is 7.41. The molecule has 2 heterocycles. The van der Waals surface area contributed by atoms with Gasteiger partial charge in [0.25, 0.3) is 5.91 Å². The predicted molar refractivity (Wildman–Crippen MR) is 81.6 cm³/mol. The van der Waals surface area contributed by atoms with E-state index < -0.39 is 5.60 Å². The number of nitrogens with one attached hydrogen (secondary N) is 1. The molecule has 3 rings (SSSR count). The molecule has 1 fully saturated rings. The molecule has 0 spiro atoms. The maximum Gasteiger partial charge on any atom is 0.269 e. The van der Waals surface area contributed by atoms with Crippen LogP contribution in [0.4, 0.5) is 0 Å². The first kappa shape index (κ1) is 15.5. The average Bonchev–Trinajstić information content (AvgIpc) is 3.01. The molecule has 1 aromatic heterocycles. The standard InChI is InChI=1S/C16H25N3O3/c1-10-8-12-13(11(2)22-10)18-19(3)14(12)15(20)17-9-16(21)6-4-5-7-16/h10-11,21H,4-9H2,1-3H3,(H,17,20)/t10-,11+/m1/s1. The van der Waals surface area contributed by atoms with Gasteiger partial charge in [-0.05, 0) is 26.7 Å². The van der Waals surface area contributed by atoms with E-state index >= 15 is 0 Å². The molecular weight excluding hydrogens is 282 g/mol. The third-order valence-corrected chi connectivity index (χ3v) is 4.82. The number of amides is 1. The van der Waals surface area contributed by atoms with E-state index in [0.29, 0.717) is 18.7 Å². The van der Waals surface area contributed by atoms with Crippen LogP contribution in [0, 0.1) is 0 Å². The van der Waals surface area contributed by atoms with Crippen molar-refractivity contribution in [1.29, 1.82) is 0 Å². The zero-order chi connectivity index (χ0) is 15.9. The van der Waals surface area contributed by atoms with Crippen molar-refractivity contribution in [1.82, 2.24) is 15.1 Å². The summed E-state index contributed by atoms with van der Waals surface area (Å²) in [5, 5.41) is 17.7. The monoisotopic (exact) mass is 307 g/mol. The van der Waals surface area contributed by atoms with Crippen LogP contribution in [0.1, 0.15) is 67.4 Å². The van der Waals surface area contributed by atoms with Crippen molar-refractivity contribution < 1.29 is 14.6 Å². The summed E-state index contributed by atoms with van der Waals surface area (Å²) in [6, 6.07) is 0. The summed E-state index contributed by atoms with van der Waals surface area (Å²) in [5.41, 5.74) is 1.69. The van der Waals surface area contributed by atoms with E-state index in [2.05, 4.69) is 10.4 Å². The first-order valence-electron chi connectivity index (χ1n) is 8.11. The summed E-state index contributed by atoms with van der Waals surface area (Å²) in [7, 11) is 1.79. The highest BCUT2D eigenvalue weighted by molar-refractivity contribution is 5.94. The number of hydrogen-bond acceptors (Lipinski definition) is 4. The van der Waals surface area contributed by atoms with Crippen LogP contribution < -0.4 is 5.32 Å². The zero-order valence-electron chi connectivity index (χ0n) is 13.6. The SMILES string of the molecule is C[C@@H]1Cc2c(nn(C)c2C(=O)NCC2(O)CCCC2)[C@H](C)O1. The second-order valence-electron chi connectivity index (χ2n) is 6.74. The van der Waals surface area contributed by atoms with Crippen molar-refractivity contribution >= 4 is 5.91 Å². The number of hydrogen-bond donors (Lipinski definition) is 2. The molecule has 22 heavy (non-hydrogen) atoms. The lowest BCUT2D eigenvalue weighted by Crippen LogP contribution is -2.41. The van der Waals surface area contributed by atoms with Gasteiger partial charge in [-0.2, -0.15) is 5.10 Å². The summed E-state index contributed by atoms with van der Waals surface area (Å²) in [6.07, 6.45) is 4.26. The Hall–Kier alpha value is -1.40. The largest absolute Gasteiger partial charge is 0.388 e. The maximum atomic E-state index is 12.6. The number of rotatable bonds is 3. The van der Waals surface area contributed by atoms with Gasteiger partial charge in [-0.15, -0.1) is 0 Å². The Bertz CT molecular complexity index is 575. The van der Waals surface area contributed by atoms with Crippen LogP contribution in [0.15, 0.2) is 0 Å². The topological polar surface area (TPSA) is 76.4 Å². The van der Waals surface area contributed by atoms with E-state index in [1.807, 2.05) is 13.8 Å². The Kier molecular flexibility index (Phi) is 3.99. The van der Waals surface area contributed by atoms with Crippen LogP contribution in [0.5, 0.6) is 0 Å². The highest BCUT2D eigenvalue weighted by atomic mass is 16.5. The number of ether oxygens (including phenoxy) is 1. The normalized spacial score (nSPS) is 26.7. The van der Waals surface area contributed by atoms with Gasteiger partial charge < -0.3 is 15.2 Å². The summed E-state index contributed by atoms with van der Waals surface area (Å²) in [4.78, 5) is 12.6. The molecule has 0 saturated heterocycles. The number of fused-ring (bicyclic) bond motifs is 1. The van der Waals surface area contributed by atoms with Gasteiger partial charge in [0.2, 0.25) is 0 Å². The molecular formula is C16H25N3O3. The first-order chi connectivity index (χ1) is 10.4. The van der Waals surface area contributed by atoms with Crippen LogP contribution in [0.3, 0.4) is 0 Å². The van der Waals surface area contributed by atoms with Gasteiger partial charge >= 0.3 is 0 Å². The minimum atomic E-state index is -0.738. The predicted octanol–water partition coefficient (Wildman–Crippen LogP) is 1.48. The lowest BCUT2D eigenvalue weighted by Gasteiger charge is -2.25. The molecule has 0 unspecified atom stereocenters. The average molecular weight is 307 g/mol. The number of aliphatic hydroxyl groups is 1. The quantitative estimate of drug-likeness (QED) is 0.887. The highest BCUT2D eigenvalue weighted by Crippen LogP contribution is 2.32. The molecule has 1 aliphatic heterocycles. The molecule has 1 saturated carbocycles. The van der Waals surface area contributed by atoms with E-state index in [9.17, 15) is 9.90 Å². The summed E-state index contributed by atoms with van der Waals surface area (Å²) >= 11 is 0. The Morgan fingerprint density at radius 2 is 2.14 bits per heavy atom. The van der Waals surface area contributed by atoms with Crippen LogP contribution in [-0.4, -0.2) is 39.0 Å². The second kappa shape index (κ2) is 5.66. The maximum absolute atomic E-state index is 12.6. The Balaban J connectivity index is 1.78. The number of carbonyl (C=O) groups is 1. The molecule has 2 N–H and O–H groups in total. The lowest BCUT2D eigenvalue weighted by molar-refractivity contribution is -0.00712. The van der Waals surface area contributed by atoms with Gasteiger partial charge in [0.1, 0.15) is 5.69 Å². The highest BCUT2D eigenvalue weighted by Gasteiger charge is 2.34. The van der Waals surface area contributed by atoms with E-state index in [1.165, 1.54) is 0 Å². The number of aryl methyl sites for hydroxylation is 1. The molecule has 1 aliphatic carbocycles.